The summed E-state index contributed by atoms with van der Waals surface area (Å²) in [6.45, 7) is 8.77. The zero-order chi connectivity index (χ0) is 12.8. The van der Waals surface area contributed by atoms with Gasteiger partial charge in [-0.1, -0.05) is 0 Å². The monoisotopic (exact) mass is 242 g/mol. The Hall–Kier alpha value is -0.910. The summed E-state index contributed by atoms with van der Waals surface area (Å²) in [5.41, 5.74) is 0.715. The molecule has 0 aliphatic carbocycles. The van der Waals surface area contributed by atoms with Crippen LogP contribution in [0.15, 0.2) is 12.3 Å². The minimum atomic E-state index is -0.820. The van der Waals surface area contributed by atoms with Crippen molar-refractivity contribution in [2.24, 2.45) is 0 Å². The van der Waals surface area contributed by atoms with Gasteiger partial charge >= 0.3 is 0 Å². The van der Waals surface area contributed by atoms with Crippen molar-refractivity contribution in [2.45, 2.75) is 46.1 Å². The largest absolute Gasteiger partial charge is 0.381 e. The number of aliphatic hydroxyl groups is 1. The number of hydrogen-bond donors (Lipinski definition) is 1. The van der Waals surface area contributed by atoms with E-state index in [9.17, 15) is 5.11 Å². The molecule has 0 amide bonds. The highest BCUT2D eigenvalue weighted by Crippen LogP contribution is 2.22. The minimum absolute atomic E-state index is 0.193. The van der Waals surface area contributed by atoms with E-state index < -0.39 is 12.4 Å². The Balaban J connectivity index is 2.84. The van der Waals surface area contributed by atoms with Crippen LogP contribution < -0.4 is 0 Å². The summed E-state index contributed by atoms with van der Waals surface area (Å²) in [4.78, 5) is 0. The average Bonchev–Trinajstić information content (AvgIpc) is 2.76. The summed E-state index contributed by atoms with van der Waals surface area (Å²) in [6, 6.07) is 1.98. The van der Waals surface area contributed by atoms with Crippen LogP contribution in [0.25, 0.3) is 0 Å². The third kappa shape index (κ3) is 3.52. The summed E-state index contributed by atoms with van der Waals surface area (Å²) >= 11 is 0. The molecule has 98 valence electrons. The van der Waals surface area contributed by atoms with E-state index >= 15 is 0 Å². The number of hydrogen-bond acceptors (Lipinski definition) is 4. The van der Waals surface area contributed by atoms with Crippen molar-refractivity contribution in [1.29, 1.82) is 0 Å². The van der Waals surface area contributed by atoms with E-state index in [0.29, 0.717) is 18.9 Å². The molecule has 0 spiro atoms. The number of rotatable bonds is 7. The van der Waals surface area contributed by atoms with E-state index in [1.165, 1.54) is 0 Å². The Bertz CT molecular complexity index is 319. The maximum Gasteiger partial charge on any atom is 0.189 e. The maximum atomic E-state index is 10.3. The molecule has 1 heterocycles. The fraction of sp³-hybridized carbons (Fsp3) is 0.750. The van der Waals surface area contributed by atoms with E-state index in [0.717, 1.165) is 0 Å². The molecule has 5 nitrogen and oxygen atoms in total. The summed E-state index contributed by atoms with van der Waals surface area (Å²) in [5, 5.41) is 14.4. The molecule has 1 rings (SSSR count). The van der Waals surface area contributed by atoms with Crippen LogP contribution in [0.3, 0.4) is 0 Å². The SMILES string of the molecule is CCOC(OCC)C(O)c1ccnn1C(C)C. The molecule has 0 saturated heterocycles. The first-order chi connectivity index (χ1) is 8.11. The Morgan fingerprint density at radius 1 is 1.29 bits per heavy atom. The van der Waals surface area contributed by atoms with Crippen LogP contribution >= 0.6 is 0 Å². The third-order valence-corrected chi connectivity index (χ3v) is 2.41. The van der Waals surface area contributed by atoms with Crippen LogP contribution in [0.4, 0.5) is 0 Å². The molecule has 1 N–H and O–H groups in total. The summed E-state index contributed by atoms with van der Waals surface area (Å²) < 4.78 is 12.6. The van der Waals surface area contributed by atoms with E-state index in [-0.39, 0.29) is 6.04 Å². The minimum Gasteiger partial charge on any atom is -0.381 e. The van der Waals surface area contributed by atoms with Gasteiger partial charge in [-0.05, 0) is 33.8 Å². The van der Waals surface area contributed by atoms with Crippen molar-refractivity contribution in [3.63, 3.8) is 0 Å². The van der Waals surface area contributed by atoms with Crippen LogP contribution in [0, 0.1) is 0 Å². The molecule has 1 aromatic heterocycles. The van der Waals surface area contributed by atoms with Gasteiger partial charge in [-0.15, -0.1) is 0 Å². The molecule has 5 heteroatoms. The average molecular weight is 242 g/mol. The van der Waals surface area contributed by atoms with Gasteiger partial charge in [0.15, 0.2) is 6.29 Å². The maximum absolute atomic E-state index is 10.3. The van der Waals surface area contributed by atoms with Crippen molar-refractivity contribution in [3.8, 4) is 0 Å². The van der Waals surface area contributed by atoms with Gasteiger partial charge in [0.25, 0.3) is 0 Å². The fourth-order valence-corrected chi connectivity index (χ4v) is 1.69. The fourth-order valence-electron chi connectivity index (χ4n) is 1.69. The third-order valence-electron chi connectivity index (χ3n) is 2.41. The topological polar surface area (TPSA) is 56.5 Å². The number of nitrogens with zero attached hydrogens (tertiary/aromatic N) is 2. The van der Waals surface area contributed by atoms with Crippen LogP contribution in [-0.4, -0.2) is 34.4 Å². The second-order valence-corrected chi connectivity index (χ2v) is 4.02. The Morgan fingerprint density at radius 3 is 2.35 bits per heavy atom. The molecule has 0 aliphatic rings. The van der Waals surface area contributed by atoms with Crippen molar-refractivity contribution in [2.75, 3.05) is 13.2 Å². The van der Waals surface area contributed by atoms with Gasteiger partial charge in [-0.2, -0.15) is 5.10 Å². The molecule has 0 aromatic carbocycles. The Morgan fingerprint density at radius 2 is 1.88 bits per heavy atom. The highest BCUT2D eigenvalue weighted by molar-refractivity contribution is 5.06. The van der Waals surface area contributed by atoms with Crippen molar-refractivity contribution >= 4 is 0 Å². The lowest BCUT2D eigenvalue weighted by Crippen LogP contribution is -2.28. The van der Waals surface area contributed by atoms with Gasteiger partial charge in [0, 0.05) is 25.5 Å². The van der Waals surface area contributed by atoms with Crippen LogP contribution in [0.5, 0.6) is 0 Å². The van der Waals surface area contributed by atoms with Gasteiger partial charge < -0.3 is 14.6 Å². The molecule has 0 radical (unpaired) electrons. The van der Waals surface area contributed by atoms with Gasteiger partial charge in [-0.25, -0.2) is 0 Å². The molecule has 1 atom stereocenters. The summed E-state index contributed by atoms with van der Waals surface area (Å²) in [6.07, 6.45) is 0.215. The van der Waals surface area contributed by atoms with Crippen LogP contribution in [0.1, 0.15) is 45.5 Å². The molecule has 0 bridgehead atoms. The van der Waals surface area contributed by atoms with E-state index in [4.69, 9.17) is 9.47 Å². The normalized spacial score (nSPS) is 13.6. The molecule has 0 fully saturated rings. The Kier molecular flexibility index (Phi) is 5.61. The molecule has 1 aromatic rings. The first-order valence-corrected chi connectivity index (χ1v) is 6.06. The summed E-state index contributed by atoms with van der Waals surface area (Å²) in [5.74, 6) is 0. The molecule has 0 saturated carbocycles. The highest BCUT2D eigenvalue weighted by atomic mass is 16.7. The number of aliphatic hydroxyl groups excluding tert-OH is 1. The number of ether oxygens (including phenoxy) is 2. The number of aromatic nitrogens is 2. The molecular formula is C12H22N2O3. The van der Waals surface area contributed by atoms with Gasteiger partial charge in [-0.3, -0.25) is 4.68 Å². The zero-order valence-electron chi connectivity index (χ0n) is 11.0. The predicted octanol–water partition coefficient (Wildman–Crippen LogP) is 1.90. The van der Waals surface area contributed by atoms with E-state index in [2.05, 4.69) is 5.10 Å². The standard InChI is InChI=1S/C12H22N2O3/c1-5-16-12(17-6-2)11(15)10-7-8-13-14(10)9(3)4/h7-9,11-12,15H,5-6H2,1-4H3. The first-order valence-electron chi connectivity index (χ1n) is 6.06. The van der Waals surface area contributed by atoms with Crippen molar-refractivity contribution < 1.29 is 14.6 Å². The lowest BCUT2D eigenvalue weighted by atomic mass is 10.2. The summed E-state index contributed by atoms with van der Waals surface area (Å²) in [7, 11) is 0. The second-order valence-electron chi connectivity index (χ2n) is 4.02. The van der Waals surface area contributed by atoms with Crippen molar-refractivity contribution in [3.05, 3.63) is 18.0 Å². The molecule has 0 aliphatic heterocycles. The van der Waals surface area contributed by atoms with Gasteiger partial charge in [0.1, 0.15) is 6.10 Å². The quantitative estimate of drug-likeness (QED) is 0.742. The van der Waals surface area contributed by atoms with Crippen LogP contribution in [0.2, 0.25) is 0 Å². The van der Waals surface area contributed by atoms with E-state index in [1.54, 1.807) is 16.9 Å². The van der Waals surface area contributed by atoms with Gasteiger partial charge in [0.05, 0.1) is 5.69 Å². The smallest absolute Gasteiger partial charge is 0.189 e. The van der Waals surface area contributed by atoms with Crippen molar-refractivity contribution in [1.82, 2.24) is 9.78 Å². The van der Waals surface area contributed by atoms with Crippen LogP contribution in [-0.2, 0) is 9.47 Å². The van der Waals surface area contributed by atoms with E-state index in [1.807, 2.05) is 27.7 Å². The predicted molar refractivity (Wildman–Crippen MR) is 64.6 cm³/mol. The molecule has 17 heavy (non-hydrogen) atoms. The first kappa shape index (κ1) is 14.2. The van der Waals surface area contributed by atoms with Gasteiger partial charge in [0.2, 0.25) is 0 Å². The lowest BCUT2D eigenvalue weighted by Gasteiger charge is -2.24. The highest BCUT2D eigenvalue weighted by Gasteiger charge is 2.25. The molecule has 1 unspecified atom stereocenters. The Labute approximate surface area is 102 Å². The molecular weight excluding hydrogens is 220 g/mol. The second kappa shape index (κ2) is 6.74. The zero-order valence-corrected chi connectivity index (χ0v) is 11.0. The lowest BCUT2D eigenvalue weighted by molar-refractivity contribution is -0.193.